The van der Waals surface area contributed by atoms with Crippen molar-refractivity contribution in [2.24, 2.45) is 0 Å². The molecule has 1 fully saturated rings. The highest BCUT2D eigenvalue weighted by atomic mass is 15.3. The molecule has 0 amide bonds. The average molecular weight is 250 g/mol. The second-order valence-corrected chi connectivity index (χ2v) is 5.37. The van der Waals surface area contributed by atoms with Crippen molar-refractivity contribution in [2.75, 3.05) is 20.1 Å². The van der Waals surface area contributed by atoms with Crippen molar-refractivity contribution < 1.29 is 0 Å². The minimum absolute atomic E-state index is 0.505. The molecule has 0 aliphatic carbocycles. The SMILES string of the molecule is CCC(C)n1ccc(CN2CCCC2CNC)n1. The molecule has 4 nitrogen and oxygen atoms in total. The predicted octanol–water partition coefficient (Wildman–Crippen LogP) is 2.04. The van der Waals surface area contributed by atoms with Crippen LogP contribution in [0.15, 0.2) is 12.3 Å². The summed E-state index contributed by atoms with van der Waals surface area (Å²) in [6.07, 6.45) is 5.88. The van der Waals surface area contributed by atoms with Gasteiger partial charge in [0.2, 0.25) is 0 Å². The summed E-state index contributed by atoms with van der Waals surface area (Å²) in [6, 6.07) is 3.36. The fraction of sp³-hybridized carbons (Fsp3) is 0.786. The molecule has 2 unspecified atom stereocenters. The van der Waals surface area contributed by atoms with Gasteiger partial charge in [-0.2, -0.15) is 5.10 Å². The van der Waals surface area contributed by atoms with E-state index in [4.69, 9.17) is 5.10 Å². The molecule has 1 aromatic rings. The van der Waals surface area contributed by atoms with Crippen LogP contribution in [0.25, 0.3) is 0 Å². The van der Waals surface area contributed by atoms with Crippen molar-refractivity contribution in [1.29, 1.82) is 0 Å². The standard InChI is InChI=1S/C14H26N4/c1-4-12(2)18-9-7-13(16-18)11-17-8-5-6-14(17)10-15-3/h7,9,12,14-15H,4-6,8,10-11H2,1-3H3. The van der Waals surface area contributed by atoms with Gasteiger partial charge in [0.15, 0.2) is 0 Å². The first-order chi connectivity index (χ1) is 8.74. The van der Waals surface area contributed by atoms with Crippen LogP contribution in [0, 0.1) is 0 Å². The molecule has 1 aliphatic rings. The van der Waals surface area contributed by atoms with Crippen molar-refractivity contribution in [3.8, 4) is 0 Å². The lowest BCUT2D eigenvalue weighted by Crippen LogP contribution is -2.36. The van der Waals surface area contributed by atoms with E-state index in [0.29, 0.717) is 12.1 Å². The third-order valence-electron chi connectivity index (χ3n) is 4.01. The maximum absolute atomic E-state index is 4.69. The summed E-state index contributed by atoms with van der Waals surface area (Å²) in [5, 5.41) is 7.98. The van der Waals surface area contributed by atoms with E-state index in [1.807, 2.05) is 7.05 Å². The molecule has 2 rings (SSSR count). The number of hydrogen-bond donors (Lipinski definition) is 1. The van der Waals surface area contributed by atoms with Gasteiger partial charge in [0.25, 0.3) is 0 Å². The molecule has 4 heteroatoms. The number of rotatable bonds is 6. The second-order valence-electron chi connectivity index (χ2n) is 5.37. The first-order valence-electron chi connectivity index (χ1n) is 7.17. The Hall–Kier alpha value is -0.870. The minimum atomic E-state index is 0.505. The Morgan fingerprint density at radius 3 is 3.11 bits per heavy atom. The molecule has 1 aromatic heterocycles. The van der Waals surface area contributed by atoms with Gasteiger partial charge < -0.3 is 5.32 Å². The third kappa shape index (κ3) is 3.12. The predicted molar refractivity (Wildman–Crippen MR) is 74.6 cm³/mol. The zero-order chi connectivity index (χ0) is 13.0. The molecule has 2 atom stereocenters. The summed E-state index contributed by atoms with van der Waals surface area (Å²) in [7, 11) is 2.04. The van der Waals surface area contributed by atoms with E-state index >= 15 is 0 Å². The van der Waals surface area contributed by atoms with E-state index in [0.717, 1.165) is 19.5 Å². The molecule has 0 bridgehead atoms. The summed E-state index contributed by atoms with van der Waals surface area (Å²) in [6.45, 7) is 7.72. The Morgan fingerprint density at radius 2 is 2.39 bits per heavy atom. The van der Waals surface area contributed by atoms with Gasteiger partial charge in [-0.25, -0.2) is 0 Å². The van der Waals surface area contributed by atoms with Crippen LogP contribution in [-0.2, 0) is 6.54 Å². The lowest BCUT2D eigenvalue weighted by atomic mass is 10.2. The van der Waals surface area contributed by atoms with Gasteiger partial charge in [-0.05, 0) is 45.8 Å². The van der Waals surface area contributed by atoms with Gasteiger partial charge in [0.05, 0.1) is 5.69 Å². The highest BCUT2D eigenvalue weighted by molar-refractivity contribution is 5.01. The molecule has 2 heterocycles. The molecular weight excluding hydrogens is 224 g/mol. The van der Waals surface area contributed by atoms with E-state index < -0.39 is 0 Å². The maximum Gasteiger partial charge on any atom is 0.0765 e. The van der Waals surface area contributed by atoms with E-state index in [2.05, 4.69) is 41.0 Å². The van der Waals surface area contributed by atoms with Gasteiger partial charge in [-0.15, -0.1) is 0 Å². The van der Waals surface area contributed by atoms with Crippen LogP contribution in [0.5, 0.6) is 0 Å². The van der Waals surface area contributed by atoms with Crippen molar-refractivity contribution in [3.05, 3.63) is 18.0 Å². The summed E-state index contributed by atoms with van der Waals surface area (Å²) < 4.78 is 2.10. The Labute approximate surface area is 110 Å². The lowest BCUT2D eigenvalue weighted by molar-refractivity contribution is 0.238. The summed E-state index contributed by atoms with van der Waals surface area (Å²) >= 11 is 0. The first-order valence-corrected chi connectivity index (χ1v) is 7.17. The third-order valence-corrected chi connectivity index (χ3v) is 4.01. The van der Waals surface area contributed by atoms with Crippen molar-refractivity contribution in [3.63, 3.8) is 0 Å². The highest BCUT2D eigenvalue weighted by Gasteiger charge is 2.24. The van der Waals surface area contributed by atoms with Crippen LogP contribution in [0.4, 0.5) is 0 Å². The molecule has 102 valence electrons. The fourth-order valence-corrected chi connectivity index (χ4v) is 2.67. The fourth-order valence-electron chi connectivity index (χ4n) is 2.67. The monoisotopic (exact) mass is 250 g/mol. The van der Waals surface area contributed by atoms with Crippen LogP contribution in [0.3, 0.4) is 0 Å². The molecule has 0 spiro atoms. The Bertz CT molecular complexity index is 360. The largest absolute Gasteiger partial charge is 0.318 e. The number of nitrogens with zero attached hydrogens (tertiary/aromatic N) is 3. The van der Waals surface area contributed by atoms with Gasteiger partial charge >= 0.3 is 0 Å². The van der Waals surface area contributed by atoms with Gasteiger partial charge in [0.1, 0.15) is 0 Å². The summed E-state index contributed by atoms with van der Waals surface area (Å²) in [5.74, 6) is 0. The van der Waals surface area contributed by atoms with Crippen LogP contribution in [-0.4, -0.2) is 40.9 Å². The first kappa shape index (κ1) is 13.6. The molecular formula is C14H26N4. The second kappa shape index (κ2) is 6.34. The molecule has 1 N–H and O–H groups in total. The van der Waals surface area contributed by atoms with Crippen LogP contribution in [0.1, 0.15) is 44.8 Å². The molecule has 18 heavy (non-hydrogen) atoms. The molecule has 0 radical (unpaired) electrons. The quantitative estimate of drug-likeness (QED) is 0.838. The van der Waals surface area contributed by atoms with Crippen molar-refractivity contribution in [2.45, 2.75) is 51.7 Å². The Morgan fingerprint density at radius 1 is 1.56 bits per heavy atom. The van der Waals surface area contributed by atoms with Crippen molar-refractivity contribution in [1.82, 2.24) is 20.0 Å². The van der Waals surface area contributed by atoms with Gasteiger partial charge in [0, 0.05) is 31.4 Å². The Kier molecular flexibility index (Phi) is 4.78. The Balaban J connectivity index is 1.94. The highest BCUT2D eigenvalue weighted by Crippen LogP contribution is 2.19. The van der Waals surface area contributed by atoms with Gasteiger partial charge in [-0.1, -0.05) is 6.92 Å². The maximum atomic E-state index is 4.69. The number of nitrogens with one attached hydrogen (secondary N) is 1. The van der Waals surface area contributed by atoms with Crippen LogP contribution in [0.2, 0.25) is 0 Å². The lowest BCUT2D eigenvalue weighted by Gasteiger charge is -2.23. The van der Waals surface area contributed by atoms with Gasteiger partial charge in [-0.3, -0.25) is 9.58 Å². The van der Waals surface area contributed by atoms with E-state index in [9.17, 15) is 0 Å². The number of likely N-dealkylation sites (tertiary alicyclic amines) is 1. The smallest absolute Gasteiger partial charge is 0.0765 e. The summed E-state index contributed by atoms with van der Waals surface area (Å²) in [4.78, 5) is 2.56. The van der Waals surface area contributed by atoms with Crippen LogP contribution < -0.4 is 5.32 Å². The minimum Gasteiger partial charge on any atom is -0.318 e. The molecule has 0 saturated carbocycles. The van der Waals surface area contributed by atoms with E-state index in [-0.39, 0.29) is 0 Å². The zero-order valence-corrected chi connectivity index (χ0v) is 11.9. The summed E-state index contributed by atoms with van der Waals surface area (Å²) in [5.41, 5.74) is 1.21. The number of likely N-dealkylation sites (N-methyl/N-ethyl adjacent to an activating group) is 1. The van der Waals surface area contributed by atoms with E-state index in [1.54, 1.807) is 0 Å². The van der Waals surface area contributed by atoms with Crippen LogP contribution >= 0.6 is 0 Å². The van der Waals surface area contributed by atoms with E-state index in [1.165, 1.54) is 25.1 Å². The average Bonchev–Trinajstić information content (AvgIpc) is 3.00. The molecule has 1 saturated heterocycles. The number of aromatic nitrogens is 2. The number of hydrogen-bond acceptors (Lipinski definition) is 3. The zero-order valence-electron chi connectivity index (χ0n) is 11.9. The topological polar surface area (TPSA) is 33.1 Å². The molecule has 0 aromatic carbocycles. The normalized spacial score (nSPS) is 22.5. The van der Waals surface area contributed by atoms with Crippen molar-refractivity contribution >= 4 is 0 Å². The molecule has 1 aliphatic heterocycles.